The molecule has 1 aromatic carbocycles. The van der Waals surface area contributed by atoms with E-state index < -0.39 is 0 Å². The molecule has 1 aliphatic rings. The first kappa shape index (κ1) is 16.8. The molecular weight excluding hydrogens is 328 g/mol. The summed E-state index contributed by atoms with van der Waals surface area (Å²) in [5.41, 5.74) is 2.46. The van der Waals surface area contributed by atoms with E-state index in [4.69, 9.17) is 0 Å². The highest BCUT2D eigenvalue weighted by molar-refractivity contribution is 9.10. The Labute approximate surface area is 136 Å². The molecule has 2 unspecified atom stereocenters. The average Bonchev–Trinajstić information content (AvgIpc) is 2.47. The molecule has 21 heavy (non-hydrogen) atoms. The zero-order chi connectivity index (χ0) is 15.2. The number of hydrogen-bond donors (Lipinski definition) is 2. The van der Waals surface area contributed by atoms with Crippen LogP contribution in [-0.4, -0.2) is 30.8 Å². The number of anilines is 1. The minimum atomic E-state index is -0.207. The lowest BCUT2D eigenvalue weighted by atomic mass is 9.91. The van der Waals surface area contributed by atoms with Gasteiger partial charge >= 0.3 is 0 Å². The van der Waals surface area contributed by atoms with Gasteiger partial charge in [-0.15, -0.1) is 0 Å². The van der Waals surface area contributed by atoms with Gasteiger partial charge < -0.3 is 15.3 Å². The maximum absolute atomic E-state index is 10.2. The quantitative estimate of drug-likeness (QED) is 0.764. The zero-order valence-electron chi connectivity index (χ0n) is 13.1. The molecule has 4 heteroatoms. The number of aliphatic hydroxyl groups excluding tert-OH is 1. The van der Waals surface area contributed by atoms with Crippen molar-refractivity contribution >= 4 is 21.6 Å². The lowest BCUT2D eigenvalue weighted by Gasteiger charge is -2.37. The van der Waals surface area contributed by atoms with Crippen LogP contribution >= 0.6 is 15.9 Å². The van der Waals surface area contributed by atoms with Gasteiger partial charge in [-0.1, -0.05) is 25.8 Å². The molecule has 3 nitrogen and oxygen atoms in total. The largest absolute Gasteiger partial charge is 0.391 e. The number of rotatable bonds is 6. The number of benzene rings is 1. The van der Waals surface area contributed by atoms with Crippen LogP contribution in [0.4, 0.5) is 5.69 Å². The maximum atomic E-state index is 10.2. The summed E-state index contributed by atoms with van der Waals surface area (Å²) >= 11 is 3.69. The van der Waals surface area contributed by atoms with Crippen molar-refractivity contribution in [2.75, 3.05) is 18.5 Å². The van der Waals surface area contributed by atoms with Gasteiger partial charge in [0, 0.05) is 18.1 Å². The van der Waals surface area contributed by atoms with Gasteiger partial charge in [0.2, 0.25) is 0 Å². The summed E-state index contributed by atoms with van der Waals surface area (Å²) in [6.45, 7) is 4.13. The highest BCUT2D eigenvalue weighted by Crippen LogP contribution is 2.32. The van der Waals surface area contributed by atoms with Gasteiger partial charge in [0.15, 0.2) is 0 Å². The number of aliphatic hydroxyl groups is 1. The van der Waals surface area contributed by atoms with Crippen molar-refractivity contribution in [3.8, 4) is 0 Å². The molecule has 1 saturated carbocycles. The van der Waals surface area contributed by atoms with Crippen molar-refractivity contribution in [1.82, 2.24) is 5.32 Å². The average molecular weight is 355 g/mol. The molecule has 0 bridgehead atoms. The van der Waals surface area contributed by atoms with Crippen LogP contribution in [0.1, 0.15) is 44.6 Å². The van der Waals surface area contributed by atoms with E-state index >= 15 is 0 Å². The normalized spacial score (nSPS) is 22.3. The minimum Gasteiger partial charge on any atom is -0.391 e. The van der Waals surface area contributed by atoms with Crippen LogP contribution in [0.3, 0.4) is 0 Å². The Morgan fingerprint density at radius 3 is 2.76 bits per heavy atom. The summed E-state index contributed by atoms with van der Waals surface area (Å²) in [7, 11) is 2.09. The Bertz CT molecular complexity index is 452. The van der Waals surface area contributed by atoms with Crippen LogP contribution in [0.5, 0.6) is 0 Å². The van der Waals surface area contributed by atoms with Crippen LogP contribution in [0.25, 0.3) is 0 Å². The molecule has 0 radical (unpaired) electrons. The van der Waals surface area contributed by atoms with Crippen molar-refractivity contribution in [1.29, 1.82) is 0 Å². The number of hydrogen-bond acceptors (Lipinski definition) is 3. The summed E-state index contributed by atoms with van der Waals surface area (Å²) in [6.07, 6.45) is 5.30. The van der Waals surface area contributed by atoms with Gasteiger partial charge in [-0.25, -0.2) is 0 Å². The molecule has 0 amide bonds. The smallest absolute Gasteiger partial charge is 0.0743 e. The van der Waals surface area contributed by atoms with Crippen molar-refractivity contribution in [2.24, 2.45) is 0 Å². The lowest BCUT2D eigenvalue weighted by Crippen LogP contribution is -2.43. The first-order chi connectivity index (χ1) is 10.1. The molecule has 0 aliphatic heterocycles. The van der Waals surface area contributed by atoms with Crippen LogP contribution in [0, 0.1) is 0 Å². The van der Waals surface area contributed by atoms with Crippen molar-refractivity contribution < 1.29 is 5.11 Å². The van der Waals surface area contributed by atoms with Crippen LogP contribution < -0.4 is 10.2 Å². The Morgan fingerprint density at radius 1 is 1.33 bits per heavy atom. The first-order valence-electron chi connectivity index (χ1n) is 8.03. The fraction of sp³-hybridized carbons (Fsp3) is 0.647. The molecule has 2 N–H and O–H groups in total. The molecule has 1 aliphatic carbocycles. The van der Waals surface area contributed by atoms with E-state index in [1.165, 1.54) is 17.7 Å². The second kappa shape index (κ2) is 8.16. The minimum absolute atomic E-state index is 0.207. The maximum Gasteiger partial charge on any atom is 0.0743 e. The predicted molar refractivity (Wildman–Crippen MR) is 92.8 cm³/mol. The summed E-state index contributed by atoms with van der Waals surface area (Å²) in [6, 6.07) is 6.76. The van der Waals surface area contributed by atoms with Crippen molar-refractivity contribution in [2.45, 2.75) is 57.7 Å². The van der Waals surface area contributed by atoms with E-state index in [-0.39, 0.29) is 12.1 Å². The monoisotopic (exact) mass is 354 g/mol. The first-order valence-corrected chi connectivity index (χ1v) is 8.82. The molecule has 2 atom stereocenters. The molecular formula is C17H27BrN2O. The summed E-state index contributed by atoms with van der Waals surface area (Å²) in [5.74, 6) is 0. The molecule has 118 valence electrons. The van der Waals surface area contributed by atoms with E-state index in [2.05, 4.69) is 58.3 Å². The number of halogens is 1. The summed E-state index contributed by atoms with van der Waals surface area (Å²) in [5, 5.41) is 13.6. The van der Waals surface area contributed by atoms with E-state index in [0.29, 0.717) is 0 Å². The second-order valence-corrected chi connectivity index (χ2v) is 6.85. The molecule has 0 aromatic heterocycles. The third kappa shape index (κ3) is 4.44. The van der Waals surface area contributed by atoms with Crippen molar-refractivity contribution in [3.63, 3.8) is 0 Å². The third-order valence-electron chi connectivity index (χ3n) is 4.34. The Hall–Kier alpha value is -0.580. The molecule has 0 spiro atoms. The topological polar surface area (TPSA) is 35.5 Å². The fourth-order valence-electron chi connectivity index (χ4n) is 3.08. The van der Waals surface area contributed by atoms with Gasteiger partial charge in [0.05, 0.1) is 17.8 Å². The number of likely N-dealkylation sites (N-methyl/N-ethyl adjacent to an activating group) is 1. The highest BCUT2D eigenvalue weighted by Gasteiger charge is 2.27. The summed E-state index contributed by atoms with van der Waals surface area (Å²) in [4.78, 5) is 2.23. The van der Waals surface area contributed by atoms with E-state index in [0.717, 1.165) is 43.2 Å². The van der Waals surface area contributed by atoms with Crippen LogP contribution in [0.2, 0.25) is 0 Å². The predicted octanol–water partition coefficient (Wildman–Crippen LogP) is 3.69. The zero-order valence-corrected chi connectivity index (χ0v) is 14.7. The second-order valence-electron chi connectivity index (χ2n) is 5.99. The summed E-state index contributed by atoms with van der Waals surface area (Å²) < 4.78 is 1.11. The van der Waals surface area contributed by atoms with E-state index in [1.54, 1.807) is 0 Å². The highest BCUT2D eigenvalue weighted by atomic mass is 79.9. The van der Waals surface area contributed by atoms with Gasteiger partial charge in [-0.2, -0.15) is 0 Å². The molecule has 1 fully saturated rings. The Morgan fingerprint density at radius 2 is 2.10 bits per heavy atom. The molecule has 0 heterocycles. The van der Waals surface area contributed by atoms with Gasteiger partial charge in [-0.3, -0.25) is 0 Å². The molecule has 2 rings (SSSR count). The SMILES string of the molecule is CCCNCc1ccc(N(C)C2CCCCC2O)c(Br)c1. The Kier molecular flexibility index (Phi) is 6.52. The molecule has 1 aromatic rings. The van der Waals surface area contributed by atoms with Gasteiger partial charge in [0.25, 0.3) is 0 Å². The molecule has 0 saturated heterocycles. The van der Waals surface area contributed by atoms with Crippen LogP contribution in [0.15, 0.2) is 22.7 Å². The lowest BCUT2D eigenvalue weighted by molar-refractivity contribution is 0.106. The van der Waals surface area contributed by atoms with E-state index in [9.17, 15) is 5.11 Å². The standard InChI is InChI=1S/C17H27BrN2O/c1-3-10-19-12-13-8-9-15(14(18)11-13)20(2)16-6-4-5-7-17(16)21/h8-9,11,16-17,19,21H,3-7,10,12H2,1-2H3. The van der Waals surface area contributed by atoms with Gasteiger partial charge in [0.1, 0.15) is 0 Å². The van der Waals surface area contributed by atoms with Crippen LogP contribution in [-0.2, 0) is 6.54 Å². The third-order valence-corrected chi connectivity index (χ3v) is 4.97. The fourth-order valence-corrected chi connectivity index (χ4v) is 3.78. The number of nitrogens with zero attached hydrogens (tertiary/aromatic N) is 1. The number of nitrogens with one attached hydrogen (secondary N) is 1. The van der Waals surface area contributed by atoms with Crippen molar-refractivity contribution in [3.05, 3.63) is 28.2 Å². The Balaban J connectivity index is 2.05. The van der Waals surface area contributed by atoms with Gasteiger partial charge in [-0.05, 0) is 59.4 Å². The van der Waals surface area contributed by atoms with E-state index in [1.807, 2.05) is 0 Å².